The molecular formula is C22H29N5O2. The van der Waals surface area contributed by atoms with Gasteiger partial charge in [-0.2, -0.15) is 5.10 Å². The zero-order valence-corrected chi connectivity index (χ0v) is 17.2. The molecule has 29 heavy (non-hydrogen) atoms. The van der Waals surface area contributed by atoms with Crippen LogP contribution in [0.15, 0.2) is 24.5 Å². The number of anilines is 1. The number of H-pyrrole nitrogens is 1. The number of amides is 1. The van der Waals surface area contributed by atoms with Gasteiger partial charge in [0.2, 0.25) is 0 Å². The maximum absolute atomic E-state index is 13.0. The Hall–Kier alpha value is -2.70. The number of aromatic nitrogens is 3. The molecule has 4 heterocycles. The van der Waals surface area contributed by atoms with Crippen LogP contribution in [0.25, 0.3) is 0 Å². The van der Waals surface area contributed by atoms with Gasteiger partial charge in [0.05, 0.1) is 11.8 Å². The van der Waals surface area contributed by atoms with Gasteiger partial charge in [-0.15, -0.1) is 0 Å². The fourth-order valence-corrected chi connectivity index (χ4v) is 4.29. The van der Waals surface area contributed by atoms with E-state index < -0.39 is 0 Å². The van der Waals surface area contributed by atoms with E-state index in [1.807, 2.05) is 23.2 Å². The Balaban J connectivity index is 1.40. The Morgan fingerprint density at radius 2 is 2.10 bits per heavy atom. The van der Waals surface area contributed by atoms with E-state index in [2.05, 4.69) is 33.9 Å². The summed E-state index contributed by atoms with van der Waals surface area (Å²) in [6.07, 6.45) is 6.81. The monoisotopic (exact) mass is 395 g/mol. The summed E-state index contributed by atoms with van der Waals surface area (Å²) in [6, 6.07) is 3.78. The van der Waals surface area contributed by atoms with E-state index in [0.29, 0.717) is 31.0 Å². The van der Waals surface area contributed by atoms with Crippen LogP contribution in [0.1, 0.15) is 54.7 Å². The number of nitrogens with zero attached hydrogens (tertiary/aromatic N) is 4. The van der Waals surface area contributed by atoms with Crippen LogP contribution in [-0.2, 0) is 17.8 Å². The first kappa shape index (κ1) is 19.6. The lowest BCUT2D eigenvalue weighted by molar-refractivity contribution is -0.124. The highest BCUT2D eigenvalue weighted by Gasteiger charge is 2.29. The smallest absolute Gasteiger partial charge is 0.255 e. The number of Topliss-reactive ketones (excluding diaryl/α,β-unsaturated/α-hetero) is 1. The van der Waals surface area contributed by atoms with Crippen LogP contribution in [0, 0.1) is 11.8 Å². The van der Waals surface area contributed by atoms with Crippen molar-refractivity contribution in [2.75, 3.05) is 24.5 Å². The van der Waals surface area contributed by atoms with Crippen molar-refractivity contribution < 1.29 is 9.59 Å². The molecule has 4 rings (SSSR count). The Kier molecular flexibility index (Phi) is 5.65. The van der Waals surface area contributed by atoms with Crippen molar-refractivity contribution in [1.82, 2.24) is 20.1 Å². The van der Waals surface area contributed by atoms with Gasteiger partial charge in [0.1, 0.15) is 11.6 Å². The second-order valence-electron chi connectivity index (χ2n) is 8.61. The molecule has 1 atom stereocenters. The summed E-state index contributed by atoms with van der Waals surface area (Å²) in [5.74, 6) is 1.46. The van der Waals surface area contributed by atoms with Gasteiger partial charge in [-0.1, -0.05) is 13.8 Å². The average molecular weight is 396 g/mol. The number of carbonyl (C=O) groups excluding carboxylic acids is 2. The Bertz CT molecular complexity index is 874. The molecule has 1 saturated heterocycles. The van der Waals surface area contributed by atoms with E-state index in [1.165, 1.54) is 11.3 Å². The highest BCUT2D eigenvalue weighted by Crippen LogP contribution is 2.24. The minimum absolute atomic E-state index is 0.0261. The minimum atomic E-state index is -0.0279. The number of piperidine rings is 1. The maximum Gasteiger partial charge on any atom is 0.255 e. The zero-order chi connectivity index (χ0) is 20.4. The number of fused-ring (bicyclic) bond motifs is 1. The average Bonchev–Trinajstić information content (AvgIpc) is 3.21. The van der Waals surface area contributed by atoms with Gasteiger partial charge < -0.3 is 9.80 Å². The van der Waals surface area contributed by atoms with Gasteiger partial charge >= 0.3 is 0 Å². The number of hydrogen-bond acceptors (Lipinski definition) is 5. The molecular weight excluding hydrogens is 366 g/mol. The summed E-state index contributed by atoms with van der Waals surface area (Å²) < 4.78 is 0. The van der Waals surface area contributed by atoms with Crippen molar-refractivity contribution in [3.63, 3.8) is 0 Å². The summed E-state index contributed by atoms with van der Waals surface area (Å²) in [4.78, 5) is 34.0. The van der Waals surface area contributed by atoms with Crippen LogP contribution >= 0.6 is 0 Å². The fraction of sp³-hybridized carbons (Fsp3) is 0.545. The summed E-state index contributed by atoms with van der Waals surface area (Å²) in [6.45, 7) is 7.02. The summed E-state index contributed by atoms with van der Waals surface area (Å²) in [5.41, 5.74) is 2.98. The molecule has 1 amide bonds. The first-order valence-corrected chi connectivity index (χ1v) is 10.6. The number of pyridine rings is 1. The third kappa shape index (κ3) is 4.33. The van der Waals surface area contributed by atoms with Crippen LogP contribution in [0.3, 0.4) is 0 Å². The first-order chi connectivity index (χ1) is 14.0. The van der Waals surface area contributed by atoms with E-state index >= 15 is 0 Å². The van der Waals surface area contributed by atoms with Gasteiger partial charge in [0.15, 0.2) is 0 Å². The molecule has 0 bridgehead atoms. The molecule has 7 nitrogen and oxygen atoms in total. The van der Waals surface area contributed by atoms with Crippen molar-refractivity contribution in [2.24, 2.45) is 11.8 Å². The van der Waals surface area contributed by atoms with Gasteiger partial charge in [0, 0.05) is 62.4 Å². The topological polar surface area (TPSA) is 82.2 Å². The lowest BCUT2D eigenvalue weighted by Crippen LogP contribution is -2.42. The van der Waals surface area contributed by atoms with Crippen LogP contribution in [0.2, 0.25) is 0 Å². The number of hydrogen-bond donors (Lipinski definition) is 1. The molecule has 0 spiro atoms. The van der Waals surface area contributed by atoms with Crippen LogP contribution in [0.5, 0.6) is 0 Å². The number of likely N-dealkylation sites (tertiary alicyclic amines) is 1. The zero-order valence-electron chi connectivity index (χ0n) is 17.2. The molecule has 0 aliphatic carbocycles. The number of nitrogens with one attached hydrogen (secondary N) is 1. The van der Waals surface area contributed by atoms with Gasteiger partial charge in [-0.25, -0.2) is 4.98 Å². The van der Waals surface area contributed by atoms with Gasteiger partial charge in [-0.3, -0.25) is 14.7 Å². The summed E-state index contributed by atoms with van der Waals surface area (Å²) >= 11 is 0. The number of ketones is 1. The fourth-order valence-electron chi connectivity index (χ4n) is 4.29. The quantitative estimate of drug-likeness (QED) is 0.842. The van der Waals surface area contributed by atoms with E-state index in [4.69, 9.17) is 0 Å². The largest absolute Gasteiger partial charge is 0.352 e. The predicted molar refractivity (Wildman–Crippen MR) is 111 cm³/mol. The van der Waals surface area contributed by atoms with E-state index in [0.717, 1.165) is 38.2 Å². The van der Waals surface area contributed by atoms with Gasteiger partial charge in [0.25, 0.3) is 5.91 Å². The molecule has 7 heteroatoms. The summed E-state index contributed by atoms with van der Waals surface area (Å²) in [5, 5.41) is 7.15. The van der Waals surface area contributed by atoms with Crippen LogP contribution in [0.4, 0.5) is 5.82 Å². The molecule has 0 aromatic carbocycles. The Morgan fingerprint density at radius 1 is 1.24 bits per heavy atom. The molecule has 2 aromatic rings. The third-order valence-electron chi connectivity index (χ3n) is 5.89. The maximum atomic E-state index is 13.0. The Morgan fingerprint density at radius 3 is 2.86 bits per heavy atom. The second kappa shape index (κ2) is 8.35. The Labute approximate surface area is 171 Å². The number of rotatable bonds is 5. The summed E-state index contributed by atoms with van der Waals surface area (Å²) in [7, 11) is 0. The van der Waals surface area contributed by atoms with Crippen molar-refractivity contribution in [2.45, 2.75) is 46.1 Å². The van der Waals surface area contributed by atoms with Crippen molar-refractivity contribution in [3.05, 3.63) is 41.3 Å². The lowest BCUT2D eigenvalue weighted by atomic mass is 9.89. The molecule has 1 N–H and O–H groups in total. The first-order valence-electron chi connectivity index (χ1n) is 10.6. The number of carbonyl (C=O) groups is 2. The predicted octanol–water partition coefficient (Wildman–Crippen LogP) is 2.83. The molecule has 2 aliphatic heterocycles. The van der Waals surface area contributed by atoms with E-state index in [-0.39, 0.29) is 17.6 Å². The number of aromatic amines is 1. The molecule has 2 aromatic heterocycles. The van der Waals surface area contributed by atoms with Crippen LogP contribution in [-0.4, -0.2) is 51.4 Å². The van der Waals surface area contributed by atoms with E-state index in [1.54, 1.807) is 6.20 Å². The minimum Gasteiger partial charge on any atom is -0.352 e. The highest BCUT2D eigenvalue weighted by atomic mass is 16.2. The van der Waals surface area contributed by atoms with Crippen molar-refractivity contribution >= 4 is 17.5 Å². The molecule has 1 fully saturated rings. The van der Waals surface area contributed by atoms with Crippen molar-refractivity contribution in [1.29, 1.82) is 0 Å². The van der Waals surface area contributed by atoms with Crippen LogP contribution < -0.4 is 4.90 Å². The standard InChI is InChI=1S/C22H29N5O2/c1-15(2)10-20(28)17-4-3-8-27(13-17)22(29)16-5-6-21(23-11-16)26-9-7-19-18(14-26)12-24-25-19/h5-6,11-12,15,17H,3-4,7-10,13-14H2,1-2H3,(H,24,25)/t17-/m1/s1. The molecule has 0 saturated carbocycles. The van der Waals surface area contributed by atoms with E-state index in [9.17, 15) is 9.59 Å². The lowest BCUT2D eigenvalue weighted by Gasteiger charge is -2.32. The molecule has 0 radical (unpaired) electrons. The van der Waals surface area contributed by atoms with Gasteiger partial charge in [-0.05, 0) is 30.9 Å². The normalized spacial score (nSPS) is 19.3. The molecule has 0 unspecified atom stereocenters. The second-order valence-corrected chi connectivity index (χ2v) is 8.61. The van der Waals surface area contributed by atoms with Crippen molar-refractivity contribution in [3.8, 4) is 0 Å². The highest BCUT2D eigenvalue weighted by molar-refractivity contribution is 5.94. The molecule has 2 aliphatic rings. The third-order valence-corrected chi connectivity index (χ3v) is 5.89. The SMILES string of the molecule is CC(C)CC(=O)[C@@H]1CCCN(C(=O)c2ccc(N3CCc4[nH]ncc4C3)nc2)C1. The molecule has 154 valence electrons.